The van der Waals surface area contributed by atoms with Gasteiger partial charge in [-0.15, -0.1) is 0 Å². The Kier molecular flexibility index (Phi) is 6.29. The van der Waals surface area contributed by atoms with Crippen LogP contribution in [0, 0.1) is 17.2 Å². The monoisotopic (exact) mass is 542 g/mol. The summed E-state index contributed by atoms with van der Waals surface area (Å²) in [6, 6.07) is 13.6. The van der Waals surface area contributed by atoms with Crippen molar-refractivity contribution in [3.05, 3.63) is 64.4 Å². The molecule has 2 N–H and O–H groups in total. The van der Waals surface area contributed by atoms with Crippen LogP contribution >= 0.6 is 15.9 Å². The molecule has 2 bridgehead atoms. The molecule has 4 saturated carbocycles. The van der Waals surface area contributed by atoms with Crippen LogP contribution in [-0.2, 0) is 4.79 Å². The molecule has 4 fully saturated rings. The van der Waals surface area contributed by atoms with Gasteiger partial charge < -0.3 is 15.3 Å². The predicted molar refractivity (Wildman–Crippen MR) is 137 cm³/mol. The SMILES string of the molecule is CC1(O)CC(C(=O)N(CC23CCC(NC(=O)c4ccc(F)cc4)(CC2)CC3)c2cccc(Br)c2)C1. The van der Waals surface area contributed by atoms with Crippen molar-refractivity contribution < 1.29 is 19.1 Å². The van der Waals surface area contributed by atoms with Crippen LogP contribution in [0.3, 0.4) is 0 Å². The van der Waals surface area contributed by atoms with E-state index in [1.54, 1.807) is 6.92 Å². The van der Waals surface area contributed by atoms with Crippen molar-refractivity contribution in [1.82, 2.24) is 5.32 Å². The average Bonchev–Trinajstić information content (AvgIpc) is 2.82. The molecule has 7 heteroatoms. The van der Waals surface area contributed by atoms with Gasteiger partial charge in [0.1, 0.15) is 5.82 Å². The van der Waals surface area contributed by atoms with Crippen LogP contribution in [-0.4, -0.2) is 34.6 Å². The molecule has 2 amide bonds. The van der Waals surface area contributed by atoms with E-state index in [0.717, 1.165) is 48.7 Å². The lowest BCUT2D eigenvalue weighted by molar-refractivity contribution is -0.137. The van der Waals surface area contributed by atoms with E-state index in [1.807, 2.05) is 29.2 Å². The van der Waals surface area contributed by atoms with Crippen LogP contribution in [0.4, 0.5) is 10.1 Å². The first-order valence-corrected chi connectivity index (χ1v) is 13.2. The van der Waals surface area contributed by atoms with E-state index < -0.39 is 5.60 Å². The molecule has 4 aliphatic rings. The molecule has 0 heterocycles. The van der Waals surface area contributed by atoms with Crippen molar-refractivity contribution in [3.63, 3.8) is 0 Å². The Balaban J connectivity index is 1.29. The lowest BCUT2D eigenvalue weighted by Gasteiger charge is -2.55. The highest BCUT2D eigenvalue weighted by molar-refractivity contribution is 9.10. The first-order chi connectivity index (χ1) is 16.6. The molecule has 5 nitrogen and oxygen atoms in total. The number of nitrogens with one attached hydrogen (secondary N) is 1. The number of aliphatic hydroxyl groups is 1. The average molecular weight is 543 g/mol. The minimum atomic E-state index is -0.750. The highest BCUT2D eigenvalue weighted by Crippen LogP contribution is 2.53. The quantitative estimate of drug-likeness (QED) is 0.498. The second kappa shape index (κ2) is 9.00. The number of hydrogen-bond acceptors (Lipinski definition) is 3. The lowest BCUT2D eigenvalue weighted by atomic mass is 9.57. The van der Waals surface area contributed by atoms with Crippen molar-refractivity contribution >= 4 is 33.4 Å². The van der Waals surface area contributed by atoms with Gasteiger partial charge in [-0.2, -0.15) is 0 Å². The van der Waals surface area contributed by atoms with Gasteiger partial charge in [0.2, 0.25) is 5.91 Å². The van der Waals surface area contributed by atoms with Gasteiger partial charge in [0.05, 0.1) is 5.60 Å². The zero-order chi connectivity index (χ0) is 24.8. The molecule has 0 unspecified atom stereocenters. The first-order valence-electron chi connectivity index (χ1n) is 12.5. The molecule has 0 saturated heterocycles. The van der Waals surface area contributed by atoms with Crippen LogP contribution in [0.25, 0.3) is 0 Å². The van der Waals surface area contributed by atoms with Crippen LogP contribution < -0.4 is 10.2 Å². The van der Waals surface area contributed by atoms with Crippen LogP contribution in [0.2, 0.25) is 0 Å². The number of nitrogens with zero attached hydrogens (tertiary/aromatic N) is 1. The van der Waals surface area contributed by atoms with Crippen LogP contribution in [0.1, 0.15) is 68.6 Å². The van der Waals surface area contributed by atoms with Gasteiger partial charge in [-0.3, -0.25) is 9.59 Å². The van der Waals surface area contributed by atoms with E-state index in [2.05, 4.69) is 21.2 Å². The van der Waals surface area contributed by atoms with Gasteiger partial charge in [0.15, 0.2) is 0 Å². The molecule has 0 spiro atoms. The van der Waals surface area contributed by atoms with E-state index >= 15 is 0 Å². The number of amides is 2. The van der Waals surface area contributed by atoms with Crippen LogP contribution in [0.15, 0.2) is 53.0 Å². The first kappa shape index (κ1) is 24.4. The Morgan fingerprint density at radius 3 is 2.26 bits per heavy atom. The van der Waals surface area contributed by atoms with Crippen molar-refractivity contribution in [2.45, 2.75) is 69.4 Å². The number of carbonyl (C=O) groups excluding carboxylic acids is 2. The summed E-state index contributed by atoms with van der Waals surface area (Å²) < 4.78 is 14.2. The molecule has 2 aromatic carbocycles. The summed E-state index contributed by atoms with van der Waals surface area (Å²) in [5.74, 6) is -0.560. The van der Waals surface area contributed by atoms with Gasteiger partial charge in [0.25, 0.3) is 5.91 Å². The molecular formula is C28H32BrFN2O3. The molecular weight excluding hydrogens is 511 g/mol. The van der Waals surface area contributed by atoms with E-state index in [0.29, 0.717) is 24.9 Å². The van der Waals surface area contributed by atoms with Gasteiger partial charge >= 0.3 is 0 Å². The highest BCUT2D eigenvalue weighted by Gasteiger charge is 2.51. The largest absolute Gasteiger partial charge is 0.390 e. The third kappa shape index (κ3) is 5.03. The summed E-state index contributed by atoms with van der Waals surface area (Å²) in [7, 11) is 0. The van der Waals surface area contributed by atoms with Crippen molar-refractivity contribution in [3.8, 4) is 0 Å². The Hall–Kier alpha value is -2.25. The lowest BCUT2D eigenvalue weighted by Crippen LogP contribution is -2.59. The smallest absolute Gasteiger partial charge is 0.251 e. The molecule has 0 radical (unpaired) electrons. The summed E-state index contributed by atoms with van der Waals surface area (Å²) >= 11 is 3.54. The summed E-state index contributed by atoms with van der Waals surface area (Å²) in [5.41, 5.74) is 0.403. The Labute approximate surface area is 214 Å². The maximum absolute atomic E-state index is 13.6. The maximum Gasteiger partial charge on any atom is 0.251 e. The Morgan fingerprint density at radius 1 is 1.06 bits per heavy atom. The number of anilines is 1. The van der Waals surface area contributed by atoms with E-state index in [4.69, 9.17) is 0 Å². The second-order valence-corrected chi connectivity index (χ2v) is 12.2. The number of fused-ring (bicyclic) bond motifs is 3. The zero-order valence-corrected chi connectivity index (χ0v) is 21.6. The fourth-order valence-corrected chi connectivity index (χ4v) is 6.66. The highest BCUT2D eigenvalue weighted by atomic mass is 79.9. The minimum absolute atomic E-state index is 0.0204. The molecule has 35 heavy (non-hydrogen) atoms. The molecule has 6 rings (SSSR count). The number of carbonyl (C=O) groups is 2. The standard InChI is InChI=1S/C28H32BrFN2O3/c1-26(35)16-20(17-26)25(34)32(23-4-2-3-21(29)15-23)18-27-9-12-28(13-10-27,14-11-27)31-24(33)19-5-7-22(30)8-6-19/h2-8,15,20,35H,9-14,16-18H2,1H3,(H,31,33). The van der Waals surface area contributed by atoms with Gasteiger partial charge in [-0.1, -0.05) is 22.0 Å². The maximum atomic E-state index is 13.6. The fraction of sp³-hybridized carbons (Fsp3) is 0.500. The topological polar surface area (TPSA) is 69.6 Å². The summed E-state index contributed by atoms with van der Waals surface area (Å²) in [5, 5.41) is 13.5. The normalized spacial score (nSPS) is 31.5. The van der Waals surface area contributed by atoms with E-state index in [1.165, 1.54) is 24.3 Å². The molecule has 186 valence electrons. The predicted octanol–water partition coefficient (Wildman–Crippen LogP) is 5.61. The number of benzene rings is 2. The molecule has 0 aliphatic heterocycles. The summed E-state index contributed by atoms with van der Waals surface area (Å²) in [6.07, 6.45) is 6.45. The zero-order valence-electron chi connectivity index (χ0n) is 20.0. The Bertz CT molecular complexity index is 1100. The number of halogens is 2. The Morgan fingerprint density at radius 2 is 1.69 bits per heavy atom. The van der Waals surface area contributed by atoms with Gasteiger partial charge in [-0.25, -0.2) is 4.39 Å². The third-order valence-electron chi connectivity index (χ3n) is 8.49. The summed E-state index contributed by atoms with van der Waals surface area (Å²) in [6.45, 7) is 2.45. The van der Waals surface area contributed by atoms with Crippen molar-refractivity contribution in [2.24, 2.45) is 11.3 Å². The third-order valence-corrected chi connectivity index (χ3v) is 8.98. The fourth-order valence-electron chi connectivity index (χ4n) is 6.28. The van der Waals surface area contributed by atoms with Gasteiger partial charge in [0, 0.05) is 33.7 Å². The van der Waals surface area contributed by atoms with Gasteiger partial charge in [-0.05, 0) is 106 Å². The minimum Gasteiger partial charge on any atom is -0.390 e. The molecule has 2 aromatic rings. The second-order valence-electron chi connectivity index (χ2n) is 11.2. The summed E-state index contributed by atoms with van der Waals surface area (Å²) in [4.78, 5) is 28.3. The van der Waals surface area contributed by atoms with E-state index in [9.17, 15) is 19.1 Å². The van der Waals surface area contributed by atoms with E-state index in [-0.39, 0.29) is 34.5 Å². The van der Waals surface area contributed by atoms with Crippen molar-refractivity contribution in [1.29, 1.82) is 0 Å². The molecule has 4 aliphatic carbocycles. The number of rotatable bonds is 6. The van der Waals surface area contributed by atoms with Crippen molar-refractivity contribution in [2.75, 3.05) is 11.4 Å². The molecule has 0 aromatic heterocycles. The number of hydrogen-bond donors (Lipinski definition) is 2. The molecule has 0 atom stereocenters. The van der Waals surface area contributed by atoms with Crippen LogP contribution in [0.5, 0.6) is 0 Å².